The third-order valence-electron chi connectivity index (χ3n) is 6.40. The number of anilines is 2. The number of hydrogen-bond acceptors (Lipinski definition) is 4. The third kappa shape index (κ3) is 5.82. The van der Waals surface area contributed by atoms with Crippen LogP contribution in [0.2, 0.25) is 0 Å². The molecule has 0 bridgehead atoms. The third-order valence-corrected chi connectivity index (χ3v) is 6.40. The number of nitrogens with zero attached hydrogens (tertiary/aromatic N) is 1. The summed E-state index contributed by atoms with van der Waals surface area (Å²) in [7, 11) is 2.15. The van der Waals surface area contributed by atoms with Crippen LogP contribution in [0.5, 0.6) is 0 Å². The van der Waals surface area contributed by atoms with Crippen LogP contribution in [-0.2, 0) is 17.6 Å². The summed E-state index contributed by atoms with van der Waals surface area (Å²) >= 11 is 0. The lowest BCUT2D eigenvalue weighted by atomic mass is 10.0. The van der Waals surface area contributed by atoms with Crippen molar-refractivity contribution in [1.82, 2.24) is 4.90 Å². The van der Waals surface area contributed by atoms with Crippen molar-refractivity contribution in [2.75, 3.05) is 24.2 Å². The molecule has 1 aromatic heterocycles. The molecular formula is C27H35N3O3. The van der Waals surface area contributed by atoms with E-state index in [-0.39, 0.29) is 5.91 Å². The summed E-state index contributed by atoms with van der Waals surface area (Å²) in [6, 6.07) is 11.7. The molecule has 0 fully saturated rings. The Morgan fingerprint density at radius 2 is 1.88 bits per heavy atom. The molecule has 3 rings (SSSR count). The van der Waals surface area contributed by atoms with Gasteiger partial charge >= 0.3 is 0 Å². The Bertz CT molecular complexity index is 1120. The van der Waals surface area contributed by atoms with Crippen LogP contribution in [0.4, 0.5) is 11.4 Å². The lowest BCUT2D eigenvalue weighted by Gasteiger charge is -2.23. The van der Waals surface area contributed by atoms with Crippen LogP contribution < -0.4 is 10.6 Å². The zero-order valence-corrected chi connectivity index (χ0v) is 20.3. The van der Waals surface area contributed by atoms with Gasteiger partial charge in [0.05, 0.1) is 0 Å². The highest BCUT2D eigenvalue weighted by Crippen LogP contribution is 2.29. The minimum Gasteiger partial charge on any atom is -0.461 e. The molecule has 33 heavy (non-hydrogen) atoms. The molecule has 0 saturated carbocycles. The summed E-state index contributed by atoms with van der Waals surface area (Å²) in [5.74, 6) is 0.767. The van der Waals surface area contributed by atoms with Gasteiger partial charge < -0.3 is 20.0 Å². The first-order valence-electron chi connectivity index (χ1n) is 11.7. The molecule has 1 atom stereocenters. The summed E-state index contributed by atoms with van der Waals surface area (Å²) in [6.07, 6.45) is 4.31. The number of hydrogen-bond donors (Lipinski definition) is 2. The molecule has 3 aromatic rings. The van der Waals surface area contributed by atoms with E-state index in [9.17, 15) is 9.59 Å². The number of aryl methyl sites for hydroxylation is 2. The quantitative estimate of drug-likeness (QED) is 0.364. The van der Waals surface area contributed by atoms with Gasteiger partial charge in [-0.25, -0.2) is 0 Å². The van der Waals surface area contributed by atoms with E-state index < -0.39 is 0 Å². The molecule has 6 heteroatoms. The first-order chi connectivity index (χ1) is 15.9. The molecule has 0 saturated heterocycles. The van der Waals surface area contributed by atoms with Gasteiger partial charge in [-0.3, -0.25) is 9.59 Å². The van der Waals surface area contributed by atoms with Crippen molar-refractivity contribution in [3.05, 3.63) is 58.8 Å². The number of rotatable bonds is 11. The molecule has 0 spiro atoms. The molecule has 2 aromatic carbocycles. The first kappa shape index (κ1) is 24.5. The topological polar surface area (TPSA) is 74.6 Å². The van der Waals surface area contributed by atoms with Crippen molar-refractivity contribution in [2.24, 2.45) is 0 Å². The highest BCUT2D eigenvalue weighted by Gasteiger charge is 2.16. The summed E-state index contributed by atoms with van der Waals surface area (Å²) in [5.41, 5.74) is 4.98. The van der Waals surface area contributed by atoms with Crippen molar-refractivity contribution in [1.29, 1.82) is 0 Å². The van der Waals surface area contributed by atoms with Crippen LogP contribution in [0.25, 0.3) is 11.0 Å². The molecule has 2 N–H and O–H groups in total. The van der Waals surface area contributed by atoms with Crippen molar-refractivity contribution in [3.8, 4) is 0 Å². The average Bonchev–Trinajstić information content (AvgIpc) is 3.11. The monoisotopic (exact) mass is 449 g/mol. The number of likely N-dealkylation sites (N-methyl/N-ethyl adjacent to an activating group) is 1. The molecule has 0 aliphatic rings. The standard InChI is InChI=1S/C27H35N3O3/c1-6-8-20-15-21(28-17-31)9-11-24(20)27(32)29-22-10-12-26-25(16-22)23(19(4)33-26)13-14-30(5)18(3)7-2/h9-12,15-18H,6-8,13-14H2,1-5H3,(H,28,31)(H,29,32). The normalized spacial score (nSPS) is 12.2. The van der Waals surface area contributed by atoms with Gasteiger partial charge in [-0.05, 0) is 82.1 Å². The van der Waals surface area contributed by atoms with Gasteiger partial charge in [-0.2, -0.15) is 0 Å². The van der Waals surface area contributed by atoms with Crippen LogP contribution in [0.1, 0.15) is 60.9 Å². The first-order valence-corrected chi connectivity index (χ1v) is 11.7. The average molecular weight is 450 g/mol. The van der Waals surface area contributed by atoms with Crippen LogP contribution >= 0.6 is 0 Å². The molecule has 0 aliphatic carbocycles. The smallest absolute Gasteiger partial charge is 0.255 e. The van der Waals surface area contributed by atoms with Crippen LogP contribution in [0, 0.1) is 6.92 Å². The zero-order valence-electron chi connectivity index (χ0n) is 20.3. The number of benzene rings is 2. The van der Waals surface area contributed by atoms with Gasteiger partial charge in [0, 0.05) is 40.5 Å². The van der Waals surface area contributed by atoms with Gasteiger partial charge in [0.1, 0.15) is 11.3 Å². The number of furan rings is 1. The highest BCUT2D eigenvalue weighted by atomic mass is 16.3. The zero-order chi connectivity index (χ0) is 24.0. The van der Waals surface area contributed by atoms with Crippen LogP contribution in [-0.4, -0.2) is 36.9 Å². The van der Waals surface area contributed by atoms with Gasteiger partial charge in [0.2, 0.25) is 6.41 Å². The highest BCUT2D eigenvalue weighted by molar-refractivity contribution is 6.06. The molecular weight excluding hydrogens is 414 g/mol. The van der Waals surface area contributed by atoms with Crippen LogP contribution in [0.3, 0.4) is 0 Å². The van der Waals surface area contributed by atoms with E-state index in [1.165, 1.54) is 5.56 Å². The fraction of sp³-hybridized carbons (Fsp3) is 0.407. The van der Waals surface area contributed by atoms with E-state index in [4.69, 9.17) is 4.42 Å². The fourth-order valence-electron chi connectivity index (χ4n) is 4.13. The number of carbonyl (C=O) groups excluding carboxylic acids is 2. The molecule has 2 amide bonds. The Balaban J connectivity index is 1.83. The number of carbonyl (C=O) groups is 2. The van der Waals surface area contributed by atoms with E-state index in [1.54, 1.807) is 12.1 Å². The fourth-order valence-corrected chi connectivity index (χ4v) is 4.13. The van der Waals surface area contributed by atoms with E-state index in [1.807, 2.05) is 31.2 Å². The Hall–Kier alpha value is -3.12. The minimum atomic E-state index is -0.159. The van der Waals surface area contributed by atoms with Crippen molar-refractivity contribution >= 4 is 34.7 Å². The van der Waals surface area contributed by atoms with Gasteiger partial charge in [-0.15, -0.1) is 0 Å². The Labute approximate surface area is 196 Å². The number of fused-ring (bicyclic) bond motifs is 1. The van der Waals surface area contributed by atoms with Gasteiger partial charge in [-0.1, -0.05) is 20.3 Å². The SMILES string of the molecule is CCCc1cc(NC=O)ccc1C(=O)Nc1ccc2oc(C)c(CCN(C)C(C)CC)c2c1. The van der Waals surface area contributed by atoms with E-state index in [2.05, 4.69) is 43.4 Å². The maximum absolute atomic E-state index is 13.1. The van der Waals surface area contributed by atoms with Crippen molar-refractivity contribution < 1.29 is 14.0 Å². The van der Waals surface area contributed by atoms with Crippen molar-refractivity contribution in [2.45, 2.75) is 59.4 Å². The van der Waals surface area contributed by atoms with E-state index >= 15 is 0 Å². The van der Waals surface area contributed by atoms with E-state index in [0.717, 1.165) is 60.2 Å². The van der Waals surface area contributed by atoms with Gasteiger partial charge in [0.15, 0.2) is 0 Å². The molecule has 6 nitrogen and oxygen atoms in total. The molecule has 0 aliphatic heterocycles. The Kier molecular flexibility index (Phi) is 8.28. The lowest BCUT2D eigenvalue weighted by Crippen LogP contribution is -2.30. The van der Waals surface area contributed by atoms with Crippen molar-refractivity contribution in [3.63, 3.8) is 0 Å². The summed E-state index contributed by atoms with van der Waals surface area (Å²) in [6.45, 7) is 9.46. The largest absolute Gasteiger partial charge is 0.461 e. The minimum absolute atomic E-state index is 0.159. The molecule has 0 radical (unpaired) electrons. The Morgan fingerprint density at radius 1 is 1.12 bits per heavy atom. The maximum Gasteiger partial charge on any atom is 0.255 e. The predicted molar refractivity (Wildman–Crippen MR) is 135 cm³/mol. The number of amides is 2. The second-order valence-corrected chi connectivity index (χ2v) is 8.67. The molecule has 1 unspecified atom stereocenters. The summed E-state index contributed by atoms with van der Waals surface area (Å²) in [4.78, 5) is 26.2. The molecule has 1 heterocycles. The predicted octanol–water partition coefficient (Wildman–Crippen LogP) is 5.79. The number of nitrogens with one attached hydrogen (secondary N) is 2. The van der Waals surface area contributed by atoms with Gasteiger partial charge in [0.25, 0.3) is 5.91 Å². The summed E-state index contributed by atoms with van der Waals surface area (Å²) in [5, 5.41) is 6.75. The van der Waals surface area contributed by atoms with E-state index in [0.29, 0.717) is 23.7 Å². The second-order valence-electron chi connectivity index (χ2n) is 8.67. The maximum atomic E-state index is 13.1. The lowest BCUT2D eigenvalue weighted by molar-refractivity contribution is -0.105. The Morgan fingerprint density at radius 3 is 2.58 bits per heavy atom. The van der Waals surface area contributed by atoms with Crippen LogP contribution in [0.15, 0.2) is 40.8 Å². The molecule has 176 valence electrons. The second kappa shape index (κ2) is 11.1. The summed E-state index contributed by atoms with van der Waals surface area (Å²) < 4.78 is 5.98.